The third kappa shape index (κ3) is 2.09. The smallest absolute Gasteiger partial charge is 0.277 e. The number of nitrogens with one attached hydrogen (secondary N) is 1. The Morgan fingerprint density at radius 3 is 2.88 bits per heavy atom. The Morgan fingerprint density at radius 1 is 1.29 bits per heavy atom. The van der Waals surface area contributed by atoms with Crippen LogP contribution in [0.5, 0.6) is 11.5 Å². The van der Waals surface area contributed by atoms with Gasteiger partial charge in [-0.15, -0.1) is 0 Å². The Hall–Kier alpha value is -2.80. The molecule has 3 heterocycles. The van der Waals surface area contributed by atoms with Gasteiger partial charge in [0.05, 0.1) is 5.69 Å². The Balaban J connectivity index is 1.96. The molecule has 0 bridgehead atoms. The molecule has 24 heavy (non-hydrogen) atoms. The normalized spacial score (nSPS) is 13.0. The van der Waals surface area contributed by atoms with Gasteiger partial charge in [-0.05, 0) is 31.5 Å². The highest BCUT2D eigenvalue weighted by Crippen LogP contribution is 2.37. The monoisotopic (exact) mass is 327 g/mol. The second-order valence-corrected chi connectivity index (χ2v) is 5.80. The van der Waals surface area contributed by atoms with Crippen molar-refractivity contribution < 1.29 is 14.6 Å². The van der Waals surface area contributed by atoms with Crippen LogP contribution in [0.3, 0.4) is 0 Å². The van der Waals surface area contributed by atoms with Crippen molar-refractivity contribution in [3.05, 3.63) is 45.5 Å². The number of aromatic nitrogens is 3. The van der Waals surface area contributed by atoms with Crippen LogP contribution in [0, 0.1) is 13.8 Å². The highest BCUT2D eigenvalue weighted by atomic mass is 16.7. The van der Waals surface area contributed by atoms with E-state index >= 15 is 0 Å². The first-order valence-corrected chi connectivity index (χ1v) is 7.72. The second-order valence-electron chi connectivity index (χ2n) is 5.80. The van der Waals surface area contributed by atoms with Crippen molar-refractivity contribution in [3.63, 3.8) is 0 Å². The van der Waals surface area contributed by atoms with Crippen molar-refractivity contribution in [3.8, 4) is 22.6 Å². The Kier molecular flexibility index (Phi) is 3.31. The quantitative estimate of drug-likeness (QED) is 0.762. The second kappa shape index (κ2) is 5.38. The van der Waals surface area contributed by atoms with Crippen LogP contribution in [0.1, 0.15) is 17.0 Å². The van der Waals surface area contributed by atoms with E-state index in [0.717, 1.165) is 22.5 Å². The summed E-state index contributed by atoms with van der Waals surface area (Å²) in [5.41, 5.74) is 4.21. The van der Waals surface area contributed by atoms with Gasteiger partial charge in [-0.2, -0.15) is 9.61 Å². The number of hydrogen-bond donors (Lipinski definition) is 2. The summed E-state index contributed by atoms with van der Waals surface area (Å²) < 4.78 is 12.2. The fourth-order valence-corrected chi connectivity index (χ4v) is 3.13. The molecule has 0 spiro atoms. The van der Waals surface area contributed by atoms with Gasteiger partial charge in [-0.1, -0.05) is 6.07 Å². The predicted molar refractivity (Wildman–Crippen MR) is 87.6 cm³/mol. The lowest BCUT2D eigenvalue weighted by molar-refractivity contribution is 0.174. The van der Waals surface area contributed by atoms with Crippen molar-refractivity contribution in [2.45, 2.75) is 20.3 Å². The van der Waals surface area contributed by atoms with E-state index in [1.807, 2.05) is 32.0 Å². The van der Waals surface area contributed by atoms with E-state index in [-0.39, 0.29) is 19.0 Å². The fraction of sp³-hybridized carbons (Fsp3) is 0.294. The minimum atomic E-state index is -0.203. The molecule has 0 fully saturated rings. The van der Waals surface area contributed by atoms with E-state index in [4.69, 9.17) is 14.6 Å². The summed E-state index contributed by atoms with van der Waals surface area (Å²) in [7, 11) is 0. The third-order valence-electron chi connectivity index (χ3n) is 4.29. The number of H-pyrrole nitrogens is 1. The number of nitrogens with zero attached hydrogens (tertiary/aromatic N) is 2. The number of aliphatic hydroxyl groups is 1. The minimum Gasteiger partial charge on any atom is -0.454 e. The molecule has 0 unspecified atom stereocenters. The molecule has 1 aliphatic heterocycles. The lowest BCUT2D eigenvalue weighted by atomic mass is 10.1. The van der Waals surface area contributed by atoms with Crippen LogP contribution < -0.4 is 15.0 Å². The van der Waals surface area contributed by atoms with Crippen LogP contribution in [0.4, 0.5) is 0 Å². The van der Waals surface area contributed by atoms with Crippen LogP contribution in [0.15, 0.2) is 23.0 Å². The number of aryl methyl sites for hydroxylation is 2. The zero-order valence-corrected chi connectivity index (χ0v) is 13.4. The third-order valence-corrected chi connectivity index (χ3v) is 4.29. The van der Waals surface area contributed by atoms with Gasteiger partial charge in [0.1, 0.15) is 5.65 Å². The van der Waals surface area contributed by atoms with Crippen molar-refractivity contribution in [1.82, 2.24) is 14.6 Å². The minimum absolute atomic E-state index is 0.0787. The summed E-state index contributed by atoms with van der Waals surface area (Å²) in [5.74, 6) is 1.39. The topological polar surface area (TPSA) is 88.9 Å². The highest BCUT2D eigenvalue weighted by molar-refractivity contribution is 5.81. The average molecular weight is 327 g/mol. The van der Waals surface area contributed by atoms with Crippen molar-refractivity contribution in [2.75, 3.05) is 13.4 Å². The first kappa shape index (κ1) is 14.8. The maximum Gasteiger partial charge on any atom is 0.277 e. The number of ether oxygens (including phenoxy) is 2. The predicted octanol–water partition coefficient (Wildman–Crippen LogP) is 1.57. The van der Waals surface area contributed by atoms with Crippen LogP contribution in [0.25, 0.3) is 16.8 Å². The van der Waals surface area contributed by atoms with Crippen LogP contribution in [-0.4, -0.2) is 33.1 Å². The fourth-order valence-electron chi connectivity index (χ4n) is 3.13. The number of aliphatic hydroxyl groups excluding tert-OH is 1. The van der Waals surface area contributed by atoms with Crippen LogP contribution in [-0.2, 0) is 6.42 Å². The summed E-state index contributed by atoms with van der Waals surface area (Å²) in [6, 6.07) is 5.67. The molecule has 0 saturated heterocycles. The molecule has 0 amide bonds. The van der Waals surface area contributed by atoms with E-state index < -0.39 is 0 Å². The van der Waals surface area contributed by atoms with E-state index in [9.17, 15) is 4.79 Å². The average Bonchev–Trinajstić information content (AvgIpc) is 3.14. The largest absolute Gasteiger partial charge is 0.454 e. The van der Waals surface area contributed by atoms with Gasteiger partial charge in [0.15, 0.2) is 11.5 Å². The van der Waals surface area contributed by atoms with Crippen molar-refractivity contribution in [2.24, 2.45) is 0 Å². The number of aromatic amines is 1. The molecule has 124 valence electrons. The number of benzene rings is 1. The number of hydrogen-bond acceptors (Lipinski definition) is 5. The summed E-state index contributed by atoms with van der Waals surface area (Å²) in [6.45, 7) is 3.83. The lowest BCUT2D eigenvalue weighted by Crippen LogP contribution is -2.22. The van der Waals surface area contributed by atoms with E-state index in [1.165, 1.54) is 4.52 Å². The number of rotatable bonds is 3. The molecule has 0 radical (unpaired) electrons. The summed E-state index contributed by atoms with van der Waals surface area (Å²) in [4.78, 5) is 15.9. The van der Waals surface area contributed by atoms with Crippen molar-refractivity contribution in [1.29, 1.82) is 0 Å². The highest BCUT2D eigenvalue weighted by Gasteiger charge is 2.20. The molecule has 3 aromatic rings. The van der Waals surface area contributed by atoms with Gasteiger partial charge >= 0.3 is 0 Å². The van der Waals surface area contributed by atoms with E-state index in [2.05, 4.69) is 10.1 Å². The zero-order valence-electron chi connectivity index (χ0n) is 13.4. The molecular formula is C17H17N3O4. The number of fused-ring (bicyclic) bond motifs is 2. The van der Waals surface area contributed by atoms with Crippen molar-refractivity contribution >= 4 is 5.65 Å². The van der Waals surface area contributed by atoms with Crippen LogP contribution >= 0.6 is 0 Å². The molecule has 0 saturated carbocycles. The van der Waals surface area contributed by atoms with E-state index in [1.54, 1.807) is 0 Å². The van der Waals surface area contributed by atoms with Gasteiger partial charge in [-0.3, -0.25) is 4.79 Å². The summed E-state index contributed by atoms with van der Waals surface area (Å²) >= 11 is 0. The summed E-state index contributed by atoms with van der Waals surface area (Å²) in [5, 5.41) is 13.5. The molecule has 0 atom stereocenters. The van der Waals surface area contributed by atoms with Gasteiger partial charge in [0, 0.05) is 29.8 Å². The molecule has 4 rings (SSSR count). The van der Waals surface area contributed by atoms with Gasteiger partial charge in [-0.25, -0.2) is 0 Å². The van der Waals surface area contributed by atoms with E-state index in [0.29, 0.717) is 29.1 Å². The Bertz CT molecular complexity index is 1000. The molecule has 2 N–H and O–H groups in total. The maximum absolute atomic E-state index is 12.6. The first-order valence-electron chi connectivity index (χ1n) is 7.72. The summed E-state index contributed by atoms with van der Waals surface area (Å²) in [6.07, 6.45) is 0.301. The SMILES string of the molecule is Cc1nn2c(=O)c(CCO)c(C)[nH]c2c1-c1ccc2c(c1)OCO2. The zero-order chi connectivity index (χ0) is 16.8. The lowest BCUT2D eigenvalue weighted by Gasteiger charge is -2.07. The van der Waals surface area contributed by atoms with Gasteiger partial charge < -0.3 is 19.6 Å². The molecule has 1 aromatic carbocycles. The van der Waals surface area contributed by atoms with Gasteiger partial charge in [0.25, 0.3) is 5.56 Å². The molecule has 0 aliphatic carbocycles. The Labute approximate surface area is 137 Å². The molecule has 7 nitrogen and oxygen atoms in total. The molecule has 7 heteroatoms. The molecule has 1 aliphatic rings. The molecule has 2 aromatic heterocycles. The van der Waals surface area contributed by atoms with Crippen LogP contribution in [0.2, 0.25) is 0 Å². The maximum atomic E-state index is 12.6. The standard InChI is InChI=1S/C17H17N3O4/c1-9-12(5-6-21)17(22)20-16(18-9)15(10(2)19-20)11-3-4-13-14(7-11)24-8-23-13/h3-4,7,18,21H,5-6,8H2,1-2H3. The molecular weight excluding hydrogens is 310 g/mol. The Morgan fingerprint density at radius 2 is 2.08 bits per heavy atom. The van der Waals surface area contributed by atoms with Gasteiger partial charge in [0.2, 0.25) is 6.79 Å². The first-order chi connectivity index (χ1) is 11.6.